The SMILES string of the molecule is Cc1ccccc1OCCN(CCCC(=O)O)C(C)C. The number of carbonyl (C=O) groups is 1. The van der Waals surface area contributed by atoms with Crippen LogP contribution in [0.15, 0.2) is 24.3 Å². The molecule has 112 valence electrons. The van der Waals surface area contributed by atoms with Crippen LogP contribution in [0.2, 0.25) is 0 Å². The van der Waals surface area contributed by atoms with Crippen LogP contribution in [0.5, 0.6) is 5.75 Å². The Morgan fingerprint density at radius 2 is 2.00 bits per heavy atom. The van der Waals surface area contributed by atoms with E-state index < -0.39 is 5.97 Å². The third kappa shape index (κ3) is 6.06. The lowest BCUT2D eigenvalue weighted by Gasteiger charge is -2.26. The minimum Gasteiger partial charge on any atom is -0.492 e. The van der Waals surface area contributed by atoms with Crippen molar-refractivity contribution in [3.8, 4) is 5.75 Å². The van der Waals surface area contributed by atoms with Gasteiger partial charge in [-0.15, -0.1) is 0 Å². The lowest BCUT2D eigenvalue weighted by atomic mass is 10.2. The van der Waals surface area contributed by atoms with Crippen LogP contribution in [-0.4, -0.2) is 41.7 Å². The third-order valence-electron chi connectivity index (χ3n) is 3.30. The quantitative estimate of drug-likeness (QED) is 0.755. The first-order valence-corrected chi connectivity index (χ1v) is 7.15. The van der Waals surface area contributed by atoms with E-state index in [1.807, 2.05) is 31.2 Å². The van der Waals surface area contributed by atoms with Crippen molar-refractivity contribution in [3.05, 3.63) is 29.8 Å². The Bertz CT molecular complexity index is 418. The van der Waals surface area contributed by atoms with Crippen LogP contribution in [0.4, 0.5) is 0 Å². The zero-order valence-corrected chi connectivity index (χ0v) is 12.6. The lowest BCUT2D eigenvalue weighted by molar-refractivity contribution is -0.137. The number of hydrogen-bond donors (Lipinski definition) is 1. The number of carboxylic acid groups (broad SMARTS) is 1. The molecule has 0 atom stereocenters. The van der Waals surface area contributed by atoms with Gasteiger partial charge in [0.15, 0.2) is 0 Å². The smallest absolute Gasteiger partial charge is 0.303 e. The molecule has 0 saturated carbocycles. The normalized spacial score (nSPS) is 11.1. The number of hydrogen-bond acceptors (Lipinski definition) is 3. The summed E-state index contributed by atoms with van der Waals surface area (Å²) in [6.07, 6.45) is 0.903. The number of benzene rings is 1. The van der Waals surface area contributed by atoms with E-state index >= 15 is 0 Å². The maximum atomic E-state index is 10.5. The van der Waals surface area contributed by atoms with Crippen LogP contribution in [0.1, 0.15) is 32.3 Å². The van der Waals surface area contributed by atoms with E-state index in [2.05, 4.69) is 18.7 Å². The topological polar surface area (TPSA) is 49.8 Å². The van der Waals surface area contributed by atoms with Gasteiger partial charge in [-0.25, -0.2) is 0 Å². The first-order chi connectivity index (χ1) is 9.50. The molecule has 1 rings (SSSR count). The zero-order valence-electron chi connectivity index (χ0n) is 12.6. The van der Waals surface area contributed by atoms with Crippen LogP contribution in [0.25, 0.3) is 0 Å². The molecule has 4 nitrogen and oxygen atoms in total. The van der Waals surface area contributed by atoms with E-state index in [1.165, 1.54) is 0 Å². The molecule has 0 spiro atoms. The second-order valence-corrected chi connectivity index (χ2v) is 5.24. The lowest BCUT2D eigenvalue weighted by Crippen LogP contribution is -2.35. The molecule has 0 bridgehead atoms. The van der Waals surface area contributed by atoms with Gasteiger partial charge in [0.05, 0.1) is 0 Å². The highest BCUT2D eigenvalue weighted by Gasteiger charge is 2.10. The summed E-state index contributed by atoms with van der Waals surface area (Å²) in [6, 6.07) is 8.36. The average Bonchev–Trinajstić information content (AvgIpc) is 2.38. The van der Waals surface area contributed by atoms with E-state index in [1.54, 1.807) is 0 Å². The van der Waals surface area contributed by atoms with Gasteiger partial charge in [0.2, 0.25) is 0 Å². The van der Waals surface area contributed by atoms with E-state index in [0.29, 0.717) is 19.1 Å². The number of ether oxygens (including phenoxy) is 1. The van der Waals surface area contributed by atoms with Crippen molar-refractivity contribution in [2.75, 3.05) is 19.7 Å². The van der Waals surface area contributed by atoms with Gasteiger partial charge >= 0.3 is 5.97 Å². The van der Waals surface area contributed by atoms with Crippen LogP contribution < -0.4 is 4.74 Å². The Balaban J connectivity index is 2.35. The summed E-state index contributed by atoms with van der Waals surface area (Å²) in [4.78, 5) is 12.8. The van der Waals surface area contributed by atoms with Crippen molar-refractivity contribution < 1.29 is 14.6 Å². The Morgan fingerprint density at radius 1 is 1.30 bits per heavy atom. The minimum absolute atomic E-state index is 0.224. The minimum atomic E-state index is -0.732. The molecular formula is C16H25NO3. The number of rotatable bonds is 9. The number of para-hydroxylation sites is 1. The first-order valence-electron chi connectivity index (χ1n) is 7.15. The number of nitrogens with zero attached hydrogens (tertiary/aromatic N) is 1. The zero-order chi connectivity index (χ0) is 15.0. The van der Waals surface area contributed by atoms with Gasteiger partial charge in [-0.2, -0.15) is 0 Å². The van der Waals surface area contributed by atoms with E-state index in [0.717, 1.165) is 24.4 Å². The summed E-state index contributed by atoms with van der Waals surface area (Å²) in [7, 11) is 0. The van der Waals surface area contributed by atoms with Crippen molar-refractivity contribution in [1.29, 1.82) is 0 Å². The summed E-state index contributed by atoms with van der Waals surface area (Å²) in [6.45, 7) is 8.49. The molecule has 0 saturated heterocycles. The van der Waals surface area contributed by atoms with Crippen molar-refractivity contribution >= 4 is 5.97 Å². The highest BCUT2D eigenvalue weighted by molar-refractivity contribution is 5.66. The molecule has 0 heterocycles. The van der Waals surface area contributed by atoms with E-state index in [4.69, 9.17) is 9.84 Å². The molecule has 1 aromatic carbocycles. The van der Waals surface area contributed by atoms with Crippen molar-refractivity contribution in [2.24, 2.45) is 0 Å². The molecule has 0 aromatic heterocycles. The van der Waals surface area contributed by atoms with Gasteiger partial charge in [0.1, 0.15) is 12.4 Å². The number of carboxylic acids is 1. The second-order valence-electron chi connectivity index (χ2n) is 5.24. The molecule has 0 aliphatic rings. The molecule has 0 amide bonds. The fraction of sp³-hybridized carbons (Fsp3) is 0.562. The van der Waals surface area contributed by atoms with Gasteiger partial charge in [0.25, 0.3) is 0 Å². The summed E-state index contributed by atoms with van der Waals surface area (Å²) >= 11 is 0. The molecular weight excluding hydrogens is 254 g/mol. The fourth-order valence-electron chi connectivity index (χ4n) is 2.05. The summed E-state index contributed by atoms with van der Waals surface area (Å²) < 4.78 is 5.79. The van der Waals surface area contributed by atoms with Gasteiger partial charge < -0.3 is 9.84 Å². The maximum Gasteiger partial charge on any atom is 0.303 e. The Kier molecular flexibility index (Phi) is 7.09. The highest BCUT2D eigenvalue weighted by Crippen LogP contribution is 2.16. The maximum absolute atomic E-state index is 10.5. The molecule has 0 aliphatic heterocycles. The van der Waals surface area contributed by atoms with E-state index in [9.17, 15) is 4.79 Å². The predicted molar refractivity (Wildman–Crippen MR) is 80.3 cm³/mol. The molecule has 0 aliphatic carbocycles. The average molecular weight is 279 g/mol. The van der Waals surface area contributed by atoms with Crippen molar-refractivity contribution in [2.45, 2.75) is 39.7 Å². The molecule has 4 heteroatoms. The molecule has 1 aromatic rings. The summed E-state index contributed by atoms with van der Waals surface area (Å²) in [5, 5.41) is 8.68. The third-order valence-corrected chi connectivity index (χ3v) is 3.30. The van der Waals surface area contributed by atoms with Crippen LogP contribution in [-0.2, 0) is 4.79 Å². The second kappa shape index (κ2) is 8.59. The standard InChI is InChI=1S/C16H25NO3/c1-13(2)17(10-6-9-16(18)19)11-12-20-15-8-5-4-7-14(15)3/h4-5,7-8,13H,6,9-12H2,1-3H3,(H,18,19). The largest absolute Gasteiger partial charge is 0.492 e. The molecule has 0 radical (unpaired) electrons. The molecule has 1 N–H and O–H groups in total. The fourth-order valence-corrected chi connectivity index (χ4v) is 2.05. The Hall–Kier alpha value is -1.55. The van der Waals surface area contributed by atoms with E-state index in [-0.39, 0.29) is 6.42 Å². The van der Waals surface area contributed by atoms with Gasteiger partial charge in [-0.3, -0.25) is 9.69 Å². The number of aryl methyl sites for hydroxylation is 1. The van der Waals surface area contributed by atoms with Crippen molar-refractivity contribution in [3.63, 3.8) is 0 Å². The van der Waals surface area contributed by atoms with Gasteiger partial charge in [-0.05, 0) is 45.4 Å². The first kappa shape index (κ1) is 16.5. The van der Waals surface area contributed by atoms with Crippen LogP contribution in [0.3, 0.4) is 0 Å². The summed E-state index contributed by atoms with van der Waals surface area (Å²) in [5.41, 5.74) is 1.13. The summed E-state index contributed by atoms with van der Waals surface area (Å²) in [5.74, 6) is 0.187. The predicted octanol–water partition coefficient (Wildman–Crippen LogP) is 2.95. The van der Waals surface area contributed by atoms with Gasteiger partial charge in [0, 0.05) is 19.0 Å². The monoisotopic (exact) mass is 279 g/mol. The number of aliphatic carboxylic acids is 1. The Morgan fingerprint density at radius 3 is 2.60 bits per heavy atom. The Labute approximate surface area is 121 Å². The van der Waals surface area contributed by atoms with Gasteiger partial charge in [-0.1, -0.05) is 18.2 Å². The van der Waals surface area contributed by atoms with Crippen LogP contribution in [0, 0.1) is 6.92 Å². The molecule has 0 fully saturated rings. The van der Waals surface area contributed by atoms with Crippen molar-refractivity contribution in [1.82, 2.24) is 4.90 Å². The van der Waals surface area contributed by atoms with Crippen LogP contribution >= 0.6 is 0 Å². The molecule has 20 heavy (non-hydrogen) atoms. The molecule has 0 unspecified atom stereocenters. The highest BCUT2D eigenvalue weighted by atomic mass is 16.5.